The largest absolute Gasteiger partial charge is 0.325 e. The molecule has 1 aromatic heterocycles. The highest BCUT2D eigenvalue weighted by molar-refractivity contribution is 6.18. The second-order valence-corrected chi connectivity index (χ2v) is 6.88. The van der Waals surface area contributed by atoms with E-state index in [0.29, 0.717) is 18.5 Å². The molecule has 27 heavy (non-hydrogen) atoms. The highest BCUT2D eigenvalue weighted by Gasteiger charge is 2.56. The number of nitrogens with zero attached hydrogens (tertiary/aromatic N) is 1. The van der Waals surface area contributed by atoms with E-state index >= 15 is 0 Å². The Morgan fingerprint density at radius 2 is 1.59 bits per heavy atom. The van der Waals surface area contributed by atoms with Crippen molar-refractivity contribution in [1.82, 2.24) is 4.98 Å². The summed E-state index contributed by atoms with van der Waals surface area (Å²) in [6.07, 6.45) is 3.62. The molecule has 0 radical (unpaired) electrons. The van der Waals surface area contributed by atoms with Crippen molar-refractivity contribution in [1.29, 1.82) is 0 Å². The van der Waals surface area contributed by atoms with Crippen molar-refractivity contribution in [3.63, 3.8) is 0 Å². The maximum atomic E-state index is 12.9. The first-order valence-corrected chi connectivity index (χ1v) is 9.18. The Kier molecular flexibility index (Phi) is 4.36. The van der Waals surface area contributed by atoms with Gasteiger partial charge in [0.25, 0.3) is 0 Å². The van der Waals surface area contributed by atoms with Gasteiger partial charge in [-0.15, -0.1) is 0 Å². The van der Waals surface area contributed by atoms with Crippen LogP contribution < -0.4 is 10.6 Å². The van der Waals surface area contributed by atoms with Gasteiger partial charge in [0.15, 0.2) is 0 Å². The predicted octanol–water partition coefficient (Wildman–Crippen LogP) is 4.15. The molecule has 0 atom stereocenters. The topological polar surface area (TPSA) is 71.1 Å². The lowest BCUT2D eigenvalue weighted by Crippen LogP contribution is -2.36. The molecule has 4 rings (SSSR count). The summed E-state index contributed by atoms with van der Waals surface area (Å²) in [6.45, 7) is 2.04. The lowest BCUT2D eigenvalue weighted by molar-refractivity contribution is -0.131. The standard InChI is InChI=1S/C22H21N3O2/c1-2-15-7-3-4-10-17(15)24-20(26)22(12-13-22)21(27)25-18-11-5-8-16-9-6-14-23-19(16)18/h3-11,14H,2,12-13H2,1H3,(H,24,26)(H,25,27). The van der Waals surface area contributed by atoms with Gasteiger partial charge >= 0.3 is 0 Å². The number of aromatic nitrogens is 1. The molecule has 136 valence electrons. The van der Waals surface area contributed by atoms with Crippen LogP contribution in [-0.2, 0) is 16.0 Å². The number of rotatable bonds is 5. The average molecular weight is 359 g/mol. The number of carbonyl (C=O) groups is 2. The Morgan fingerprint density at radius 3 is 2.33 bits per heavy atom. The highest BCUT2D eigenvalue weighted by Crippen LogP contribution is 2.47. The van der Waals surface area contributed by atoms with Crippen molar-refractivity contribution in [3.05, 3.63) is 66.4 Å². The summed E-state index contributed by atoms with van der Waals surface area (Å²) in [4.78, 5) is 30.2. The minimum atomic E-state index is -1.00. The van der Waals surface area contributed by atoms with Crippen LogP contribution in [0.4, 0.5) is 11.4 Å². The zero-order chi connectivity index (χ0) is 18.9. The first-order chi connectivity index (χ1) is 13.1. The normalized spacial score (nSPS) is 14.6. The van der Waals surface area contributed by atoms with E-state index in [9.17, 15) is 9.59 Å². The summed E-state index contributed by atoms with van der Waals surface area (Å²) < 4.78 is 0. The highest BCUT2D eigenvalue weighted by atomic mass is 16.2. The molecule has 2 aromatic carbocycles. The molecule has 1 heterocycles. The third-order valence-electron chi connectivity index (χ3n) is 5.15. The lowest BCUT2D eigenvalue weighted by atomic mass is 10.0. The third kappa shape index (κ3) is 3.16. The molecule has 1 aliphatic rings. The molecule has 3 aromatic rings. The van der Waals surface area contributed by atoms with Crippen LogP contribution >= 0.6 is 0 Å². The minimum absolute atomic E-state index is 0.242. The SMILES string of the molecule is CCc1ccccc1NC(=O)C1(C(=O)Nc2cccc3cccnc23)CC1. The van der Waals surface area contributed by atoms with Gasteiger partial charge in [-0.25, -0.2) is 0 Å². The zero-order valence-electron chi connectivity index (χ0n) is 15.2. The Bertz CT molecular complexity index is 1020. The smallest absolute Gasteiger partial charge is 0.240 e. The fraction of sp³-hybridized carbons (Fsp3) is 0.227. The predicted molar refractivity (Wildman–Crippen MR) is 106 cm³/mol. The van der Waals surface area contributed by atoms with E-state index in [1.54, 1.807) is 6.20 Å². The van der Waals surface area contributed by atoms with Crippen LogP contribution in [0.15, 0.2) is 60.8 Å². The van der Waals surface area contributed by atoms with Gasteiger partial charge in [0.05, 0.1) is 11.2 Å². The number of carbonyl (C=O) groups excluding carboxylic acids is 2. The molecule has 1 fully saturated rings. The second kappa shape index (κ2) is 6.83. The molecule has 2 N–H and O–H groups in total. The van der Waals surface area contributed by atoms with Crippen molar-refractivity contribution in [3.8, 4) is 0 Å². The minimum Gasteiger partial charge on any atom is -0.325 e. The number of aryl methyl sites for hydroxylation is 1. The van der Waals surface area contributed by atoms with Crippen molar-refractivity contribution >= 4 is 34.1 Å². The summed E-state index contributed by atoms with van der Waals surface area (Å²) in [5, 5.41) is 6.82. The van der Waals surface area contributed by atoms with Gasteiger partial charge < -0.3 is 10.6 Å². The monoisotopic (exact) mass is 359 g/mol. The summed E-state index contributed by atoms with van der Waals surface area (Å²) in [5.74, 6) is -0.513. The summed E-state index contributed by atoms with van der Waals surface area (Å²) in [7, 11) is 0. The Hall–Kier alpha value is -3.21. The Balaban J connectivity index is 1.55. The maximum absolute atomic E-state index is 12.9. The molecular weight excluding hydrogens is 338 g/mol. The number of pyridine rings is 1. The fourth-order valence-corrected chi connectivity index (χ4v) is 3.32. The molecule has 2 amide bonds. The van der Waals surface area contributed by atoms with Crippen LogP contribution in [0.2, 0.25) is 0 Å². The number of hydrogen-bond donors (Lipinski definition) is 2. The Labute approximate surface area is 157 Å². The van der Waals surface area contributed by atoms with E-state index in [2.05, 4.69) is 15.6 Å². The summed E-state index contributed by atoms with van der Waals surface area (Å²) in [5.41, 5.74) is 2.18. The molecular formula is C22H21N3O2. The molecule has 5 heteroatoms. The van der Waals surface area contributed by atoms with Gasteiger partial charge in [0.2, 0.25) is 11.8 Å². The van der Waals surface area contributed by atoms with Crippen LogP contribution in [0, 0.1) is 5.41 Å². The first-order valence-electron chi connectivity index (χ1n) is 9.18. The van der Waals surface area contributed by atoms with Crippen LogP contribution in [0.3, 0.4) is 0 Å². The number of hydrogen-bond acceptors (Lipinski definition) is 3. The van der Waals surface area contributed by atoms with Gasteiger partial charge in [-0.3, -0.25) is 14.6 Å². The Morgan fingerprint density at radius 1 is 0.926 bits per heavy atom. The number of amides is 2. The maximum Gasteiger partial charge on any atom is 0.240 e. The molecule has 0 aliphatic heterocycles. The van der Waals surface area contributed by atoms with Crippen molar-refractivity contribution in [2.75, 3.05) is 10.6 Å². The molecule has 5 nitrogen and oxygen atoms in total. The van der Waals surface area contributed by atoms with E-state index in [1.807, 2.05) is 61.5 Å². The van der Waals surface area contributed by atoms with Crippen LogP contribution in [0.1, 0.15) is 25.3 Å². The van der Waals surface area contributed by atoms with Crippen LogP contribution in [-0.4, -0.2) is 16.8 Å². The first kappa shape index (κ1) is 17.2. The van der Waals surface area contributed by atoms with Gasteiger partial charge in [-0.05, 0) is 43.0 Å². The van der Waals surface area contributed by atoms with E-state index in [-0.39, 0.29) is 11.8 Å². The van der Waals surface area contributed by atoms with Gasteiger partial charge in [0.1, 0.15) is 5.41 Å². The van der Waals surface area contributed by atoms with Crippen LogP contribution in [0.5, 0.6) is 0 Å². The second-order valence-electron chi connectivity index (χ2n) is 6.88. The quantitative estimate of drug-likeness (QED) is 0.672. The van der Waals surface area contributed by atoms with Gasteiger partial charge in [-0.1, -0.05) is 43.3 Å². The molecule has 0 spiro atoms. The van der Waals surface area contributed by atoms with Crippen molar-refractivity contribution in [2.24, 2.45) is 5.41 Å². The zero-order valence-corrected chi connectivity index (χ0v) is 15.2. The molecule has 1 saturated carbocycles. The fourth-order valence-electron chi connectivity index (χ4n) is 3.32. The number of para-hydroxylation sites is 2. The lowest BCUT2D eigenvalue weighted by Gasteiger charge is -2.17. The van der Waals surface area contributed by atoms with Crippen molar-refractivity contribution < 1.29 is 9.59 Å². The number of anilines is 2. The molecule has 0 unspecified atom stereocenters. The van der Waals surface area contributed by atoms with Crippen LogP contribution in [0.25, 0.3) is 10.9 Å². The van der Waals surface area contributed by atoms with E-state index in [1.165, 1.54) is 0 Å². The average Bonchev–Trinajstić information content (AvgIpc) is 3.51. The van der Waals surface area contributed by atoms with E-state index in [4.69, 9.17) is 0 Å². The molecule has 0 bridgehead atoms. The third-order valence-corrected chi connectivity index (χ3v) is 5.15. The van der Waals surface area contributed by atoms with Gasteiger partial charge in [-0.2, -0.15) is 0 Å². The number of fused-ring (bicyclic) bond motifs is 1. The van der Waals surface area contributed by atoms with Crippen molar-refractivity contribution in [2.45, 2.75) is 26.2 Å². The number of nitrogens with one attached hydrogen (secondary N) is 2. The van der Waals surface area contributed by atoms with E-state index in [0.717, 1.165) is 28.6 Å². The molecule has 0 saturated heterocycles. The number of benzene rings is 2. The van der Waals surface area contributed by atoms with Gasteiger partial charge in [0, 0.05) is 17.3 Å². The molecule has 1 aliphatic carbocycles. The summed E-state index contributed by atoms with van der Waals surface area (Å²) in [6, 6.07) is 17.1. The summed E-state index contributed by atoms with van der Waals surface area (Å²) >= 11 is 0. The van der Waals surface area contributed by atoms with E-state index < -0.39 is 5.41 Å².